The van der Waals surface area contributed by atoms with Crippen molar-refractivity contribution >= 4 is 5.97 Å². The molecule has 0 aliphatic heterocycles. The standard InChI is InChI=1S/C13H23N3O2/c1-13(2,3)7-5-11(12(17)18)14-9-10-6-8-15-16(10)4/h6,8,11,14H,5,7,9H2,1-4H3,(H,17,18)/t11-/m0/s1. The highest BCUT2D eigenvalue weighted by atomic mass is 16.4. The number of aromatic nitrogens is 2. The Kier molecular flexibility index (Phi) is 4.90. The number of nitrogens with one attached hydrogen (secondary N) is 1. The van der Waals surface area contributed by atoms with Gasteiger partial charge in [-0.15, -0.1) is 0 Å². The van der Waals surface area contributed by atoms with E-state index in [0.717, 1.165) is 12.1 Å². The molecule has 2 N–H and O–H groups in total. The Morgan fingerprint density at radius 2 is 2.22 bits per heavy atom. The average Bonchev–Trinajstić information content (AvgIpc) is 2.62. The van der Waals surface area contributed by atoms with E-state index >= 15 is 0 Å². The van der Waals surface area contributed by atoms with Crippen LogP contribution in [0.25, 0.3) is 0 Å². The molecule has 5 nitrogen and oxygen atoms in total. The van der Waals surface area contributed by atoms with Crippen molar-refractivity contribution < 1.29 is 9.90 Å². The maximum absolute atomic E-state index is 11.2. The molecule has 0 saturated carbocycles. The number of hydrogen-bond donors (Lipinski definition) is 2. The molecule has 1 atom stereocenters. The summed E-state index contributed by atoms with van der Waals surface area (Å²) in [6.45, 7) is 6.88. The summed E-state index contributed by atoms with van der Waals surface area (Å²) in [6.07, 6.45) is 3.22. The molecule has 0 fully saturated rings. The van der Waals surface area contributed by atoms with Crippen molar-refractivity contribution in [3.63, 3.8) is 0 Å². The number of aliphatic carboxylic acids is 1. The zero-order chi connectivity index (χ0) is 13.8. The molecule has 0 unspecified atom stereocenters. The van der Waals surface area contributed by atoms with Gasteiger partial charge in [-0.1, -0.05) is 20.8 Å². The molecule has 0 spiro atoms. The summed E-state index contributed by atoms with van der Waals surface area (Å²) < 4.78 is 1.75. The van der Waals surface area contributed by atoms with Gasteiger partial charge in [-0.2, -0.15) is 5.10 Å². The van der Waals surface area contributed by atoms with Crippen molar-refractivity contribution in [2.75, 3.05) is 0 Å². The van der Waals surface area contributed by atoms with Crippen molar-refractivity contribution in [3.05, 3.63) is 18.0 Å². The van der Waals surface area contributed by atoms with E-state index < -0.39 is 12.0 Å². The average molecular weight is 253 g/mol. The molecule has 1 rings (SSSR count). The Labute approximate surface area is 108 Å². The molecular weight excluding hydrogens is 230 g/mol. The van der Waals surface area contributed by atoms with Gasteiger partial charge in [0.25, 0.3) is 0 Å². The minimum atomic E-state index is -0.790. The van der Waals surface area contributed by atoms with Gasteiger partial charge in [-0.25, -0.2) is 0 Å². The fourth-order valence-electron chi connectivity index (χ4n) is 1.69. The van der Waals surface area contributed by atoms with Crippen LogP contribution < -0.4 is 5.32 Å². The number of nitrogens with zero attached hydrogens (tertiary/aromatic N) is 2. The molecule has 0 aliphatic rings. The zero-order valence-corrected chi connectivity index (χ0v) is 11.6. The molecule has 0 saturated heterocycles. The van der Waals surface area contributed by atoms with Gasteiger partial charge < -0.3 is 5.11 Å². The Morgan fingerprint density at radius 3 is 2.67 bits per heavy atom. The Balaban J connectivity index is 2.49. The molecule has 1 aromatic heterocycles. The van der Waals surface area contributed by atoms with Gasteiger partial charge in [0.2, 0.25) is 0 Å². The van der Waals surface area contributed by atoms with Gasteiger partial charge in [-0.3, -0.25) is 14.8 Å². The second kappa shape index (κ2) is 6.00. The molecule has 1 heterocycles. The SMILES string of the molecule is Cn1nccc1CN[C@@H](CCC(C)(C)C)C(=O)O. The molecule has 18 heavy (non-hydrogen) atoms. The molecule has 0 radical (unpaired) electrons. The fourth-order valence-corrected chi connectivity index (χ4v) is 1.69. The number of carboxylic acids is 1. The Hall–Kier alpha value is -1.36. The van der Waals surface area contributed by atoms with Crippen molar-refractivity contribution in [3.8, 4) is 0 Å². The highest BCUT2D eigenvalue weighted by Crippen LogP contribution is 2.21. The van der Waals surface area contributed by atoms with Crippen molar-refractivity contribution in [1.82, 2.24) is 15.1 Å². The minimum absolute atomic E-state index is 0.155. The first-order valence-electron chi connectivity index (χ1n) is 6.23. The lowest BCUT2D eigenvalue weighted by Gasteiger charge is -2.21. The topological polar surface area (TPSA) is 67.2 Å². The van der Waals surface area contributed by atoms with Crippen molar-refractivity contribution in [2.45, 2.75) is 46.2 Å². The zero-order valence-electron chi connectivity index (χ0n) is 11.6. The molecule has 102 valence electrons. The van der Waals surface area contributed by atoms with Gasteiger partial charge in [0.15, 0.2) is 0 Å². The molecular formula is C13H23N3O2. The molecule has 0 bridgehead atoms. The van der Waals surface area contributed by atoms with Gasteiger partial charge in [0, 0.05) is 19.8 Å². The highest BCUT2D eigenvalue weighted by Gasteiger charge is 2.20. The smallest absolute Gasteiger partial charge is 0.320 e. The number of rotatable bonds is 6. The van der Waals surface area contributed by atoms with Gasteiger partial charge >= 0.3 is 5.97 Å². The second-order valence-corrected chi connectivity index (χ2v) is 5.82. The van der Waals surface area contributed by atoms with Crippen LogP contribution in [-0.2, 0) is 18.4 Å². The quantitative estimate of drug-likeness (QED) is 0.811. The monoisotopic (exact) mass is 253 g/mol. The highest BCUT2D eigenvalue weighted by molar-refractivity contribution is 5.73. The first kappa shape index (κ1) is 14.7. The van der Waals surface area contributed by atoms with Crippen LogP contribution >= 0.6 is 0 Å². The summed E-state index contributed by atoms with van der Waals surface area (Å²) in [5, 5.41) is 16.3. The van der Waals surface area contributed by atoms with E-state index in [1.807, 2.05) is 13.1 Å². The third-order valence-electron chi connectivity index (χ3n) is 2.93. The van der Waals surface area contributed by atoms with Gasteiger partial charge in [0.1, 0.15) is 6.04 Å². The second-order valence-electron chi connectivity index (χ2n) is 5.82. The van der Waals surface area contributed by atoms with Crippen LogP contribution in [0.4, 0.5) is 0 Å². The first-order chi connectivity index (χ1) is 8.29. The number of hydrogen-bond acceptors (Lipinski definition) is 3. The van der Waals surface area contributed by atoms with Gasteiger partial charge in [0.05, 0.1) is 5.69 Å². The van der Waals surface area contributed by atoms with E-state index in [0.29, 0.717) is 13.0 Å². The third kappa shape index (κ3) is 4.87. The third-order valence-corrected chi connectivity index (χ3v) is 2.93. The van der Waals surface area contributed by atoms with Crippen LogP contribution in [0.1, 0.15) is 39.3 Å². The lowest BCUT2D eigenvalue weighted by Crippen LogP contribution is -2.37. The summed E-state index contributed by atoms with van der Waals surface area (Å²) in [6, 6.07) is 1.38. The predicted molar refractivity (Wildman–Crippen MR) is 70.2 cm³/mol. The van der Waals surface area contributed by atoms with Crippen LogP contribution in [0.5, 0.6) is 0 Å². The number of aryl methyl sites for hydroxylation is 1. The minimum Gasteiger partial charge on any atom is -0.480 e. The fraction of sp³-hybridized carbons (Fsp3) is 0.692. The van der Waals surface area contributed by atoms with E-state index in [1.54, 1.807) is 10.9 Å². The van der Waals surface area contributed by atoms with E-state index in [9.17, 15) is 9.90 Å². The van der Waals surface area contributed by atoms with Crippen LogP contribution in [0, 0.1) is 5.41 Å². The molecule has 0 aromatic carbocycles. The maximum Gasteiger partial charge on any atom is 0.320 e. The van der Waals surface area contributed by atoms with Crippen molar-refractivity contribution in [1.29, 1.82) is 0 Å². The van der Waals surface area contributed by atoms with Crippen molar-refractivity contribution in [2.24, 2.45) is 12.5 Å². The molecule has 5 heteroatoms. The van der Waals surface area contributed by atoms with E-state index in [1.165, 1.54) is 0 Å². The summed E-state index contributed by atoms with van der Waals surface area (Å²) in [7, 11) is 1.85. The summed E-state index contributed by atoms with van der Waals surface area (Å²) in [5.74, 6) is -0.790. The van der Waals surface area contributed by atoms with Crippen LogP contribution in [0.3, 0.4) is 0 Å². The summed E-state index contributed by atoms with van der Waals surface area (Å²) in [5.41, 5.74) is 1.14. The first-order valence-corrected chi connectivity index (χ1v) is 6.23. The van der Waals surface area contributed by atoms with Crippen LogP contribution in [0.2, 0.25) is 0 Å². The summed E-state index contributed by atoms with van der Waals surface area (Å²) in [4.78, 5) is 11.2. The summed E-state index contributed by atoms with van der Waals surface area (Å²) >= 11 is 0. The van der Waals surface area contributed by atoms with E-state index in [4.69, 9.17) is 0 Å². The number of carbonyl (C=O) groups is 1. The van der Waals surface area contributed by atoms with E-state index in [2.05, 4.69) is 31.2 Å². The predicted octanol–water partition coefficient (Wildman–Crippen LogP) is 1.79. The molecule has 1 aromatic rings. The normalized spacial score (nSPS) is 13.6. The Morgan fingerprint density at radius 1 is 1.56 bits per heavy atom. The lowest BCUT2D eigenvalue weighted by molar-refractivity contribution is -0.139. The molecule has 0 aliphatic carbocycles. The largest absolute Gasteiger partial charge is 0.480 e. The Bertz CT molecular complexity index is 393. The van der Waals surface area contributed by atoms with Crippen LogP contribution in [0.15, 0.2) is 12.3 Å². The van der Waals surface area contributed by atoms with Gasteiger partial charge in [-0.05, 0) is 24.3 Å². The van der Waals surface area contributed by atoms with E-state index in [-0.39, 0.29) is 5.41 Å². The van der Waals surface area contributed by atoms with Crippen LogP contribution in [-0.4, -0.2) is 26.9 Å². The maximum atomic E-state index is 11.2. The molecule has 0 amide bonds. The lowest BCUT2D eigenvalue weighted by atomic mass is 9.88. The number of carboxylic acid groups (broad SMARTS) is 1.